The average Bonchev–Trinajstić information content (AvgIpc) is 2.97. The molecule has 1 N–H and O–H groups in total. The van der Waals surface area contributed by atoms with Crippen LogP contribution in [-0.2, 0) is 12.1 Å². The maximum atomic E-state index is 14.4. The molecule has 30 heavy (non-hydrogen) atoms. The summed E-state index contributed by atoms with van der Waals surface area (Å²) in [6, 6.07) is 13.0. The van der Waals surface area contributed by atoms with Crippen molar-refractivity contribution in [2.75, 3.05) is 13.2 Å². The van der Waals surface area contributed by atoms with Crippen LogP contribution in [0.15, 0.2) is 42.5 Å². The molecule has 0 saturated carbocycles. The van der Waals surface area contributed by atoms with Gasteiger partial charge in [0.25, 0.3) is 0 Å². The number of terminal acetylenes is 1. The zero-order valence-electron chi connectivity index (χ0n) is 17.3. The molecule has 0 unspecified atom stereocenters. The van der Waals surface area contributed by atoms with Crippen LogP contribution in [0.5, 0.6) is 11.5 Å². The summed E-state index contributed by atoms with van der Waals surface area (Å²) in [5.74, 6) is 3.49. The van der Waals surface area contributed by atoms with Crippen molar-refractivity contribution >= 4 is 0 Å². The summed E-state index contributed by atoms with van der Waals surface area (Å²) in [6.45, 7) is 3.44. The van der Waals surface area contributed by atoms with Crippen LogP contribution in [0, 0.1) is 18.2 Å². The van der Waals surface area contributed by atoms with Gasteiger partial charge in [-0.25, -0.2) is 4.39 Å². The average molecular weight is 410 g/mol. The molecule has 4 rings (SSSR count). The van der Waals surface area contributed by atoms with Crippen molar-refractivity contribution in [2.24, 2.45) is 0 Å². The lowest BCUT2D eigenvalue weighted by molar-refractivity contribution is -0.0615. The minimum atomic E-state index is -1.10. The number of benzene rings is 2. The molecular formula is C25H28FNO3. The first kappa shape index (κ1) is 20.7. The van der Waals surface area contributed by atoms with Gasteiger partial charge in [-0.15, -0.1) is 6.42 Å². The van der Waals surface area contributed by atoms with Gasteiger partial charge in [-0.2, -0.15) is 0 Å². The van der Waals surface area contributed by atoms with E-state index in [9.17, 15) is 9.50 Å². The predicted molar refractivity (Wildman–Crippen MR) is 114 cm³/mol. The standard InChI is InChI=1S/C25H28FNO3/c1-3-13-30-23-12-9-18(14-24(23)29-4-2)17-27-19-10-11-20(27)16-25(28,15-19)21-7-5-6-8-22(21)26/h1,5-9,12,14,19-20,28H,4,10-11,13,15-17H2,2H3/t19-,20-/m1/s1. The van der Waals surface area contributed by atoms with Crippen molar-refractivity contribution in [1.82, 2.24) is 4.90 Å². The van der Waals surface area contributed by atoms with E-state index >= 15 is 0 Å². The van der Waals surface area contributed by atoms with Crippen molar-refractivity contribution < 1.29 is 19.0 Å². The summed E-state index contributed by atoms with van der Waals surface area (Å²) < 4.78 is 25.7. The number of nitrogens with zero attached hydrogens (tertiary/aromatic N) is 1. The fourth-order valence-electron chi connectivity index (χ4n) is 5.00. The molecular weight excluding hydrogens is 381 g/mol. The lowest BCUT2D eigenvalue weighted by Crippen LogP contribution is -2.49. The Labute approximate surface area is 177 Å². The molecule has 5 heteroatoms. The molecule has 2 bridgehead atoms. The highest BCUT2D eigenvalue weighted by molar-refractivity contribution is 5.43. The Morgan fingerprint density at radius 2 is 1.87 bits per heavy atom. The zero-order valence-corrected chi connectivity index (χ0v) is 17.3. The third kappa shape index (κ3) is 4.03. The van der Waals surface area contributed by atoms with E-state index < -0.39 is 5.60 Å². The zero-order chi connectivity index (χ0) is 21.1. The number of hydrogen-bond acceptors (Lipinski definition) is 4. The topological polar surface area (TPSA) is 41.9 Å². The molecule has 0 aliphatic carbocycles. The van der Waals surface area contributed by atoms with Gasteiger partial charge >= 0.3 is 0 Å². The summed E-state index contributed by atoms with van der Waals surface area (Å²) in [5, 5.41) is 11.3. The molecule has 2 aromatic rings. The third-order valence-electron chi connectivity index (χ3n) is 6.28. The molecule has 2 saturated heterocycles. The van der Waals surface area contributed by atoms with Crippen LogP contribution in [-0.4, -0.2) is 35.3 Å². The van der Waals surface area contributed by atoms with Gasteiger partial charge in [0.2, 0.25) is 0 Å². The van der Waals surface area contributed by atoms with Crippen LogP contribution < -0.4 is 9.47 Å². The lowest BCUT2D eigenvalue weighted by Gasteiger charge is -2.44. The minimum Gasteiger partial charge on any atom is -0.490 e. The van der Waals surface area contributed by atoms with Crippen LogP contribution in [0.2, 0.25) is 0 Å². The second-order valence-electron chi connectivity index (χ2n) is 8.18. The molecule has 4 nitrogen and oxygen atoms in total. The Bertz CT molecular complexity index is 924. The maximum Gasteiger partial charge on any atom is 0.162 e. The fraction of sp³-hybridized carbons (Fsp3) is 0.440. The van der Waals surface area contributed by atoms with Gasteiger partial charge in [-0.3, -0.25) is 4.90 Å². The second kappa shape index (κ2) is 8.67. The number of aliphatic hydroxyl groups is 1. The number of halogens is 1. The fourth-order valence-corrected chi connectivity index (χ4v) is 5.00. The third-order valence-corrected chi connectivity index (χ3v) is 6.28. The summed E-state index contributed by atoms with van der Waals surface area (Å²) in [5.41, 5.74) is 0.451. The van der Waals surface area contributed by atoms with E-state index in [-0.39, 0.29) is 24.5 Å². The predicted octanol–water partition coefficient (Wildman–Crippen LogP) is 4.25. The highest BCUT2D eigenvalue weighted by atomic mass is 19.1. The molecule has 2 fully saturated rings. The first-order valence-corrected chi connectivity index (χ1v) is 10.6. The first-order valence-electron chi connectivity index (χ1n) is 10.6. The van der Waals surface area contributed by atoms with Crippen LogP contribution in [0.25, 0.3) is 0 Å². The summed E-state index contributed by atoms with van der Waals surface area (Å²) in [6.07, 6.45) is 8.43. The van der Waals surface area contributed by atoms with Gasteiger partial charge in [-0.05, 0) is 56.4 Å². The number of ether oxygens (including phenoxy) is 2. The van der Waals surface area contributed by atoms with E-state index in [1.807, 2.05) is 25.1 Å². The highest BCUT2D eigenvalue weighted by Crippen LogP contribution is 2.47. The number of piperidine rings is 1. The molecule has 158 valence electrons. The van der Waals surface area contributed by atoms with Crippen molar-refractivity contribution in [3.8, 4) is 23.8 Å². The van der Waals surface area contributed by atoms with Crippen LogP contribution in [0.4, 0.5) is 4.39 Å². The molecule has 0 spiro atoms. The van der Waals surface area contributed by atoms with Gasteiger partial charge in [0.15, 0.2) is 11.5 Å². The Morgan fingerprint density at radius 3 is 2.53 bits per heavy atom. The van der Waals surface area contributed by atoms with Crippen molar-refractivity contribution in [3.63, 3.8) is 0 Å². The van der Waals surface area contributed by atoms with E-state index in [1.165, 1.54) is 6.07 Å². The minimum absolute atomic E-state index is 0.199. The van der Waals surface area contributed by atoms with Crippen molar-refractivity contribution in [1.29, 1.82) is 0 Å². The molecule has 0 amide bonds. The summed E-state index contributed by atoms with van der Waals surface area (Å²) >= 11 is 0. The molecule has 2 atom stereocenters. The summed E-state index contributed by atoms with van der Waals surface area (Å²) in [4.78, 5) is 2.45. The van der Waals surface area contributed by atoms with Gasteiger partial charge in [-0.1, -0.05) is 30.2 Å². The first-order chi connectivity index (χ1) is 14.5. The molecule has 0 radical (unpaired) electrons. The Balaban J connectivity index is 1.51. The van der Waals surface area contributed by atoms with Crippen LogP contribution in [0.1, 0.15) is 43.7 Å². The van der Waals surface area contributed by atoms with Crippen LogP contribution >= 0.6 is 0 Å². The SMILES string of the molecule is C#CCOc1ccc(CN2[C@@H]3CC[C@@H]2CC(O)(c2ccccc2F)C3)cc1OCC. The van der Waals surface area contributed by atoms with E-state index in [4.69, 9.17) is 15.9 Å². The smallest absolute Gasteiger partial charge is 0.162 e. The molecule has 2 aliphatic heterocycles. The molecule has 2 aromatic carbocycles. The van der Waals surface area contributed by atoms with E-state index in [0.717, 1.165) is 24.9 Å². The molecule has 0 aromatic heterocycles. The van der Waals surface area contributed by atoms with E-state index in [2.05, 4.69) is 10.8 Å². The van der Waals surface area contributed by atoms with E-state index in [0.29, 0.717) is 36.5 Å². The quantitative estimate of drug-likeness (QED) is 0.694. The maximum absolute atomic E-state index is 14.4. The van der Waals surface area contributed by atoms with Gasteiger partial charge in [0, 0.05) is 24.2 Å². The monoisotopic (exact) mass is 409 g/mol. The highest BCUT2D eigenvalue weighted by Gasteiger charge is 2.48. The van der Waals surface area contributed by atoms with E-state index in [1.54, 1.807) is 18.2 Å². The van der Waals surface area contributed by atoms with Gasteiger partial charge in [0.1, 0.15) is 12.4 Å². The number of fused-ring (bicyclic) bond motifs is 2. The Hall–Kier alpha value is -2.55. The molecule has 2 heterocycles. The second-order valence-corrected chi connectivity index (χ2v) is 8.18. The van der Waals surface area contributed by atoms with Crippen molar-refractivity contribution in [2.45, 2.75) is 56.8 Å². The lowest BCUT2D eigenvalue weighted by atomic mass is 9.80. The largest absolute Gasteiger partial charge is 0.490 e. The van der Waals surface area contributed by atoms with Gasteiger partial charge < -0.3 is 14.6 Å². The number of rotatable bonds is 7. The normalized spacial score (nSPS) is 25.7. The molecule has 2 aliphatic rings. The van der Waals surface area contributed by atoms with Crippen molar-refractivity contribution in [3.05, 3.63) is 59.4 Å². The Morgan fingerprint density at radius 1 is 1.13 bits per heavy atom. The summed E-state index contributed by atoms with van der Waals surface area (Å²) in [7, 11) is 0. The van der Waals surface area contributed by atoms with Crippen LogP contribution in [0.3, 0.4) is 0 Å². The number of hydrogen-bond donors (Lipinski definition) is 1. The van der Waals surface area contributed by atoms with Gasteiger partial charge in [0.05, 0.1) is 12.2 Å². The Kier molecular flexibility index (Phi) is 5.99.